The summed E-state index contributed by atoms with van der Waals surface area (Å²) in [4.78, 5) is 14.8. The van der Waals surface area contributed by atoms with Crippen LogP contribution in [0.1, 0.15) is 44.1 Å². The number of aryl methyl sites for hydroxylation is 1. The van der Waals surface area contributed by atoms with Gasteiger partial charge < -0.3 is 9.64 Å². The van der Waals surface area contributed by atoms with Gasteiger partial charge in [0.25, 0.3) is 0 Å². The number of hydrogen-bond acceptors (Lipinski definition) is 4. The van der Waals surface area contributed by atoms with Gasteiger partial charge in [0, 0.05) is 25.6 Å². The summed E-state index contributed by atoms with van der Waals surface area (Å²) < 4.78 is 34.0. The summed E-state index contributed by atoms with van der Waals surface area (Å²) in [5, 5.41) is 0. The maximum atomic E-state index is 12.9. The Morgan fingerprint density at radius 1 is 1.15 bits per heavy atom. The van der Waals surface area contributed by atoms with Gasteiger partial charge in [-0.1, -0.05) is 37.0 Å². The van der Waals surface area contributed by atoms with Crippen molar-refractivity contribution in [1.82, 2.24) is 9.62 Å². The minimum Gasteiger partial charge on any atom is -0.378 e. The number of carbonyl (C=O) groups is 1. The molecule has 1 N–H and O–H groups in total. The molecule has 1 aliphatic carbocycles. The van der Waals surface area contributed by atoms with Crippen molar-refractivity contribution in [3.8, 4) is 0 Å². The maximum absolute atomic E-state index is 12.9. The van der Waals surface area contributed by atoms with Crippen LogP contribution in [-0.2, 0) is 19.6 Å². The first-order chi connectivity index (χ1) is 13.0. The van der Waals surface area contributed by atoms with E-state index in [0.29, 0.717) is 26.3 Å². The zero-order valence-corrected chi connectivity index (χ0v) is 16.8. The Morgan fingerprint density at radius 3 is 2.41 bits per heavy atom. The van der Waals surface area contributed by atoms with E-state index in [9.17, 15) is 13.2 Å². The van der Waals surface area contributed by atoms with E-state index in [4.69, 9.17) is 4.74 Å². The van der Waals surface area contributed by atoms with Crippen LogP contribution >= 0.6 is 0 Å². The smallest absolute Gasteiger partial charge is 0.240 e. The minimum atomic E-state index is -3.65. The van der Waals surface area contributed by atoms with Crippen molar-refractivity contribution in [1.29, 1.82) is 0 Å². The molecular formula is C20H30N2O4S. The molecule has 7 heteroatoms. The van der Waals surface area contributed by atoms with Gasteiger partial charge in [0.15, 0.2) is 0 Å². The third-order valence-corrected chi connectivity index (χ3v) is 7.12. The number of nitrogens with one attached hydrogen (secondary N) is 1. The van der Waals surface area contributed by atoms with Crippen molar-refractivity contribution < 1.29 is 17.9 Å². The number of benzene rings is 1. The fourth-order valence-electron chi connectivity index (χ4n) is 3.96. The van der Waals surface area contributed by atoms with E-state index in [2.05, 4.69) is 4.72 Å². The van der Waals surface area contributed by atoms with E-state index in [1.807, 2.05) is 6.92 Å². The Balaban J connectivity index is 1.74. The Hall–Kier alpha value is -1.44. The maximum Gasteiger partial charge on any atom is 0.240 e. The van der Waals surface area contributed by atoms with E-state index in [1.165, 1.54) is 6.42 Å². The molecule has 0 radical (unpaired) electrons. The lowest BCUT2D eigenvalue weighted by atomic mass is 9.83. The number of carbonyl (C=O) groups excluding carboxylic acids is 1. The second kappa shape index (κ2) is 9.17. The topological polar surface area (TPSA) is 75.7 Å². The van der Waals surface area contributed by atoms with E-state index < -0.39 is 10.0 Å². The van der Waals surface area contributed by atoms with Gasteiger partial charge in [-0.15, -0.1) is 0 Å². The third kappa shape index (κ3) is 5.53. The van der Waals surface area contributed by atoms with E-state index in [-0.39, 0.29) is 29.2 Å². The summed E-state index contributed by atoms with van der Waals surface area (Å²) in [7, 11) is -3.65. The molecule has 6 nitrogen and oxygen atoms in total. The number of hydrogen-bond donors (Lipinski definition) is 1. The fraction of sp³-hybridized carbons (Fsp3) is 0.650. The van der Waals surface area contributed by atoms with E-state index in [1.54, 1.807) is 29.2 Å². The van der Waals surface area contributed by atoms with E-state index >= 15 is 0 Å². The first kappa shape index (κ1) is 20.3. The predicted octanol–water partition coefficient (Wildman–Crippen LogP) is 2.47. The van der Waals surface area contributed by atoms with Crippen molar-refractivity contribution in [3.05, 3.63) is 29.8 Å². The van der Waals surface area contributed by atoms with Crippen molar-refractivity contribution in [2.45, 2.75) is 56.4 Å². The minimum absolute atomic E-state index is 0.0143. The van der Waals surface area contributed by atoms with Gasteiger partial charge in [-0.05, 0) is 37.8 Å². The average Bonchev–Trinajstić information content (AvgIpc) is 2.69. The molecule has 0 spiro atoms. The Kier molecular flexibility index (Phi) is 6.89. The highest BCUT2D eigenvalue weighted by Crippen LogP contribution is 2.29. The van der Waals surface area contributed by atoms with Crippen LogP contribution in [0.2, 0.25) is 0 Å². The summed E-state index contributed by atoms with van der Waals surface area (Å²) in [6, 6.07) is 6.48. The summed E-state index contributed by atoms with van der Waals surface area (Å²) in [5.74, 6) is 0.226. The molecule has 0 aromatic heterocycles. The SMILES string of the molecule is Cc1ccc(S(=O)(=O)NC(CC(=O)N2CCOCC2)C2CCCCC2)cc1. The van der Waals surface area contributed by atoms with Crippen LogP contribution in [0.15, 0.2) is 29.2 Å². The lowest BCUT2D eigenvalue weighted by Crippen LogP contribution is -2.47. The average molecular weight is 395 g/mol. The lowest BCUT2D eigenvalue weighted by Gasteiger charge is -2.33. The molecule has 1 amide bonds. The fourth-order valence-corrected chi connectivity index (χ4v) is 5.26. The number of sulfonamides is 1. The van der Waals surface area contributed by atoms with Gasteiger partial charge in [0.05, 0.1) is 18.1 Å². The van der Waals surface area contributed by atoms with Crippen LogP contribution < -0.4 is 4.72 Å². The quantitative estimate of drug-likeness (QED) is 0.804. The van der Waals surface area contributed by atoms with Gasteiger partial charge in [-0.25, -0.2) is 13.1 Å². The molecule has 0 bridgehead atoms. The van der Waals surface area contributed by atoms with Crippen LogP contribution in [0.3, 0.4) is 0 Å². The van der Waals surface area contributed by atoms with Crippen LogP contribution in [0.5, 0.6) is 0 Å². The zero-order chi connectivity index (χ0) is 19.3. The molecular weight excluding hydrogens is 364 g/mol. The highest BCUT2D eigenvalue weighted by Gasteiger charge is 2.31. The highest BCUT2D eigenvalue weighted by atomic mass is 32.2. The zero-order valence-electron chi connectivity index (χ0n) is 16.0. The molecule has 2 aliphatic rings. The molecule has 1 unspecified atom stereocenters. The van der Waals surface area contributed by atoms with Crippen molar-refractivity contribution >= 4 is 15.9 Å². The highest BCUT2D eigenvalue weighted by molar-refractivity contribution is 7.89. The summed E-state index contributed by atoms with van der Waals surface area (Å²) in [5.41, 5.74) is 1.01. The van der Waals surface area contributed by atoms with E-state index in [0.717, 1.165) is 31.2 Å². The van der Waals surface area contributed by atoms with Gasteiger partial charge in [0.1, 0.15) is 0 Å². The summed E-state index contributed by atoms with van der Waals surface area (Å²) >= 11 is 0. The molecule has 1 aromatic carbocycles. The van der Waals surface area contributed by atoms with Gasteiger partial charge in [0.2, 0.25) is 15.9 Å². The number of nitrogens with zero attached hydrogens (tertiary/aromatic N) is 1. The first-order valence-corrected chi connectivity index (χ1v) is 11.4. The van der Waals surface area contributed by atoms with Crippen molar-refractivity contribution in [2.75, 3.05) is 26.3 Å². The van der Waals surface area contributed by atoms with Crippen LogP contribution in [0, 0.1) is 12.8 Å². The molecule has 1 aromatic rings. The molecule has 27 heavy (non-hydrogen) atoms. The Morgan fingerprint density at radius 2 is 1.78 bits per heavy atom. The van der Waals surface area contributed by atoms with Gasteiger partial charge >= 0.3 is 0 Å². The Bertz CT molecular complexity index is 721. The second-order valence-electron chi connectivity index (χ2n) is 7.64. The molecule has 150 valence electrons. The standard InChI is InChI=1S/C20H30N2O4S/c1-16-7-9-18(10-8-16)27(24,25)21-19(17-5-3-2-4-6-17)15-20(23)22-11-13-26-14-12-22/h7-10,17,19,21H,2-6,11-15H2,1H3. The van der Waals surface area contributed by atoms with Crippen molar-refractivity contribution in [3.63, 3.8) is 0 Å². The second-order valence-corrected chi connectivity index (χ2v) is 9.35. The normalized spacial score (nSPS) is 20.4. The van der Waals surface area contributed by atoms with Crippen LogP contribution in [0.4, 0.5) is 0 Å². The van der Waals surface area contributed by atoms with Gasteiger partial charge in [-0.2, -0.15) is 0 Å². The van der Waals surface area contributed by atoms with Gasteiger partial charge in [-0.3, -0.25) is 4.79 Å². The third-order valence-electron chi connectivity index (χ3n) is 5.61. The number of amides is 1. The number of ether oxygens (including phenoxy) is 1. The largest absolute Gasteiger partial charge is 0.378 e. The van der Waals surface area contributed by atoms with Crippen LogP contribution in [-0.4, -0.2) is 51.6 Å². The molecule has 3 rings (SSSR count). The molecule has 1 heterocycles. The number of rotatable bonds is 6. The molecule has 1 atom stereocenters. The molecule has 1 aliphatic heterocycles. The monoisotopic (exact) mass is 394 g/mol. The summed E-state index contributed by atoms with van der Waals surface area (Å²) in [6.45, 7) is 4.20. The number of morpholine rings is 1. The molecule has 1 saturated heterocycles. The summed E-state index contributed by atoms with van der Waals surface area (Å²) in [6.07, 6.45) is 5.54. The molecule has 1 saturated carbocycles. The lowest BCUT2D eigenvalue weighted by molar-refractivity contribution is -0.136. The molecule has 2 fully saturated rings. The Labute approximate surface area is 162 Å². The first-order valence-electron chi connectivity index (χ1n) is 9.90. The van der Waals surface area contributed by atoms with Crippen molar-refractivity contribution in [2.24, 2.45) is 5.92 Å². The van der Waals surface area contributed by atoms with Crippen LogP contribution in [0.25, 0.3) is 0 Å². The predicted molar refractivity (Wildman–Crippen MR) is 104 cm³/mol.